The highest BCUT2D eigenvalue weighted by molar-refractivity contribution is 5.91. The molecule has 2 aliphatic rings. The Hall–Kier alpha value is -1.83. The lowest BCUT2D eigenvalue weighted by Gasteiger charge is -2.19. The molecule has 0 heterocycles. The molecule has 0 bridgehead atoms. The van der Waals surface area contributed by atoms with Crippen LogP contribution in [0.2, 0.25) is 0 Å². The van der Waals surface area contributed by atoms with E-state index in [4.69, 9.17) is 4.74 Å². The number of ether oxygens (including phenoxy) is 1. The fraction of sp³-hybridized carbons (Fsp3) is 0.267. The topological polar surface area (TPSA) is 26.3 Å². The highest BCUT2D eigenvalue weighted by Gasteiger charge is 2.17. The Kier molecular flexibility index (Phi) is 2.88. The maximum absolute atomic E-state index is 11.9. The SMILES string of the molecule is CC(C)(C)OC(=O)c1cccc2cccc-2c1. The van der Waals surface area contributed by atoms with Crippen molar-refractivity contribution in [2.24, 2.45) is 0 Å². The molecule has 88 valence electrons. The fourth-order valence-corrected chi connectivity index (χ4v) is 1.67. The fourth-order valence-electron chi connectivity index (χ4n) is 1.67. The molecule has 2 aliphatic carbocycles. The molecule has 0 aromatic heterocycles. The van der Waals surface area contributed by atoms with E-state index >= 15 is 0 Å². The summed E-state index contributed by atoms with van der Waals surface area (Å²) in [5.74, 6) is -0.281. The van der Waals surface area contributed by atoms with Crippen molar-refractivity contribution in [3.05, 3.63) is 48.0 Å². The van der Waals surface area contributed by atoms with Crippen LogP contribution in [0.3, 0.4) is 0 Å². The molecule has 0 aromatic rings. The van der Waals surface area contributed by atoms with Gasteiger partial charge in [0.25, 0.3) is 0 Å². The van der Waals surface area contributed by atoms with Crippen LogP contribution in [-0.2, 0) is 4.74 Å². The van der Waals surface area contributed by atoms with Crippen molar-refractivity contribution in [3.8, 4) is 11.1 Å². The van der Waals surface area contributed by atoms with Crippen molar-refractivity contribution < 1.29 is 9.53 Å². The normalized spacial score (nSPS) is 11.5. The van der Waals surface area contributed by atoms with Crippen molar-refractivity contribution in [3.63, 3.8) is 0 Å². The minimum absolute atomic E-state index is 0.281. The lowest BCUT2D eigenvalue weighted by atomic mass is 10.1. The summed E-state index contributed by atoms with van der Waals surface area (Å²) in [5.41, 5.74) is 2.30. The minimum Gasteiger partial charge on any atom is -0.456 e. The maximum atomic E-state index is 11.9. The summed E-state index contributed by atoms with van der Waals surface area (Å²) in [6.07, 6.45) is 0. The third-order valence-corrected chi connectivity index (χ3v) is 2.38. The molecule has 0 aliphatic heterocycles. The summed E-state index contributed by atoms with van der Waals surface area (Å²) in [7, 11) is 0. The van der Waals surface area contributed by atoms with Gasteiger partial charge in [0.05, 0.1) is 5.56 Å². The van der Waals surface area contributed by atoms with Gasteiger partial charge in [-0.15, -0.1) is 0 Å². The van der Waals surface area contributed by atoms with E-state index in [1.54, 1.807) is 6.07 Å². The number of fused-ring (bicyclic) bond motifs is 1. The second kappa shape index (κ2) is 4.21. The quantitative estimate of drug-likeness (QED) is 0.695. The van der Waals surface area contributed by atoms with Gasteiger partial charge < -0.3 is 4.74 Å². The molecule has 0 atom stereocenters. The van der Waals surface area contributed by atoms with Gasteiger partial charge in [-0.05, 0) is 44.0 Å². The van der Waals surface area contributed by atoms with Gasteiger partial charge in [0.1, 0.15) is 5.60 Å². The lowest BCUT2D eigenvalue weighted by Crippen LogP contribution is -2.23. The van der Waals surface area contributed by atoms with Crippen LogP contribution < -0.4 is 0 Å². The zero-order valence-electron chi connectivity index (χ0n) is 10.4. The second-order valence-electron chi connectivity index (χ2n) is 5.06. The van der Waals surface area contributed by atoms with E-state index in [1.165, 1.54) is 0 Å². The van der Waals surface area contributed by atoms with Crippen LogP contribution in [0.25, 0.3) is 11.1 Å². The molecule has 2 heteroatoms. The molecule has 0 aromatic carbocycles. The van der Waals surface area contributed by atoms with Crippen molar-refractivity contribution in [1.29, 1.82) is 0 Å². The van der Waals surface area contributed by atoms with Crippen LogP contribution >= 0.6 is 0 Å². The van der Waals surface area contributed by atoms with Gasteiger partial charge in [-0.1, -0.05) is 30.3 Å². The number of hydrogen-bond donors (Lipinski definition) is 0. The van der Waals surface area contributed by atoms with Crippen LogP contribution in [0.5, 0.6) is 0 Å². The number of hydrogen-bond acceptors (Lipinski definition) is 2. The Balaban J connectivity index is 2.33. The molecule has 0 saturated heterocycles. The van der Waals surface area contributed by atoms with E-state index in [2.05, 4.69) is 0 Å². The molecule has 0 fully saturated rings. The molecule has 0 radical (unpaired) electrons. The monoisotopic (exact) mass is 228 g/mol. The molecule has 0 amide bonds. The van der Waals surface area contributed by atoms with Gasteiger partial charge >= 0.3 is 5.97 Å². The zero-order valence-corrected chi connectivity index (χ0v) is 10.4. The van der Waals surface area contributed by atoms with Gasteiger partial charge in [-0.2, -0.15) is 0 Å². The molecule has 0 spiro atoms. The predicted octanol–water partition coefficient (Wildman–Crippen LogP) is 3.75. The summed E-state index contributed by atoms with van der Waals surface area (Å²) in [6, 6.07) is 13.5. The molecule has 17 heavy (non-hydrogen) atoms. The molecule has 0 unspecified atom stereocenters. The van der Waals surface area contributed by atoms with E-state index < -0.39 is 5.60 Å². The average Bonchev–Trinajstić information content (AvgIpc) is 2.53. The van der Waals surface area contributed by atoms with Gasteiger partial charge in [0.15, 0.2) is 0 Å². The first-order valence-corrected chi connectivity index (χ1v) is 5.68. The number of esters is 1. The number of carbonyl (C=O) groups excluding carboxylic acids is 1. The Morgan fingerprint density at radius 1 is 1.00 bits per heavy atom. The third-order valence-electron chi connectivity index (χ3n) is 2.38. The maximum Gasteiger partial charge on any atom is 0.338 e. The highest BCUT2D eigenvalue weighted by Crippen LogP contribution is 2.23. The minimum atomic E-state index is -0.462. The van der Waals surface area contributed by atoms with Crippen LogP contribution in [0.1, 0.15) is 31.1 Å². The van der Waals surface area contributed by atoms with E-state index in [0.29, 0.717) is 5.56 Å². The molecular formula is C15H16O2. The summed E-state index contributed by atoms with van der Waals surface area (Å²) >= 11 is 0. The van der Waals surface area contributed by atoms with Crippen molar-refractivity contribution >= 4 is 5.97 Å². The largest absolute Gasteiger partial charge is 0.456 e. The Morgan fingerprint density at radius 2 is 1.59 bits per heavy atom. The van der Waals surface area contributed by atoms with Crippen LogP contribution in [-0.4, -0.2) is 11.6 Å². The van der Waals surface area contributed by atoms with Gasteiger partial charge in [0.2, 0.25) is 0 Å². The highest BCUT2D eigenvalue weighted by atomic mass is 16.6. The van der Waals surface area contributed by atoms with Crippen LogP contribution in [0, 0.1) is 0 Å². The number of rotatable bonds is 1. The van der Waals surface area contributed by atoms with Gasteiger partial charge in [-0.25, -0.2) is 4.79 Å². The van der Waals surface area contributed by atoms with Gasteiger partial charge in [0, 0.05) is 0 Å². The van der Waals surface area contributed by atoms with Crippen molar-refractivity contribution in [1.82, 2.24) is 0 Å². The Bertz CT molecular complexity index is 509. The zero-order chi connectivity index (χ0) is 12.5. The van der Waals surface area contributed by atoms with E-state index in [9.17, 15) is 4.79 Å². The predicted molar refractivity (Wildman–Crippen MR) is 68.2 cm³/mol. The molecule has 0 N–H and O–H groups in total. The molecule has 0 saturated carbocycles. The summed E-state index contributed by atoms with van der Waals surface area (Å²) in [5, 5.41) is 0. The summed E-state index contributed by atoms with van der Waals surface area (Å²) < 4.78 is 5.35. The summed E-state index contributed by atoms with van der Waals surface area (Å²) in [6.45, 7) is 5.60. The van der Waals surface area contributed by atoms with Crippen molar-refractivity contribution in [2.45, 2.75) is 26.4 Å². The smallest absolute Gasteiger partial charge is 0.338 e. The lowest BCUT2D eigenvalue weighted by molar-refractivity contribution is 0.00697. The average molecular weight is 228 g/mol. The first kappa shape index (κ1) is 11.6. The Morgan fingerprint density at radius 3 is 2.24 bits per heavy atom. The van der Waals surface area contributed by atoms with Crippen LogP contribution in [0.15, 0.2) is 42.5 Å². The number of carbonyl (C=O) groups is 1. The van der Waals surface area contributed by atoms with Crippen molar-refractivity contribution in [2.75, 3.05) is 0 Å². The summed E-state index contributed by atoms with van der Waals surface area (Å²) in [4.78, 5) is 11.9. The third kappa shape index (κ3) is 2.84. The molecule has 2 rings (SSSR count). The first-order chi connectivity index (χ1) is 7.96. The molecular weight excluding hydrogens is 212 g/mol. The Labute approximate surface area is 102 Å². The van der Waals surface area contributed by atoms with Crippen LogP contribution in [0.4, 0.5) is 0 Å². The standard InChI is InChI=1S/C15H16O2/c1-15(2,3)17-14(16)13-9-5-7-11-6-4-8-12(11)10-13/h4-10H,1-3H3. The first-order valence-electron chi connectivity index (χ1n) is 5.68. The van der Waals surface area contributed by atoms with E-state index in [0.717, 1.165) is 11.1 Å². The van der Waals surface area contributed by atoms with E-state index in [1.807, 2.05) is 57.2 Å². The van der Waals surface area contributed by atoms with E-state index in [-0.39, 0.29) is 5.97 Å². The van der Waals surface area contributed by atoms with Gasteiger partial charge in [-0.3, -0.25) is 0 Å². The molecule has 2 nitrogen and oxygen atoms in total. The second-order valence-corrected chi connectivity index (χ2v) is 5.06.